The number of carbonyl (C=O) groups is 2. The van der Waals surface area contributed by atoms with Crippen LogP contribution in [0.1, 0.15) is 50.2 Å². The topological polar surface area (TPSA) is 61.8 Å². The zero-order valence-electron chi connectivity index (χ0n) is 16.0. The average molecular weight is 386 g/mol. The van der Waals surface area contributed by atoms with Gasteiger partial charge in [0.25, 0.3) is 5.91 Å². The summed E-state index contributed by atoms with van der Waals surface area (Å²) in [6.07, 6.45) is 7.59. The van der Waals surface area contributed by atoms with Gasteiger partial charge in [0.2, 0.25) is 5.91 Å². The van der Waals surface area contributed by atoms with Gasteiger partial charge in [-0.1, -0.05) is 60.9 Å². The number of likely N-dealkylation sites (N-methyl/N-ethyl adjacent to an activating group) is 1. The molecule has 0 radical (unpaired) electrons. The molecule has 0 saturated heterocycles. The fourth-order valence-electron chi connectivity index (χ4n) is 3.39. The molecule has 0 bridgehead atoms. The molecule has 1 heterocycles. The highest BCUT2D eigenvalue weighted by atomic mass is 32.2. The summed E-state index contributed by atoms with van der Waals surface area (Å²) >= 11 is 1.34. The summed E-state index contributed by atoms with van der Waals surface area (Å²) in [4.78, 5) is 31.0. The summed E-state index contributed by atoms with van der Waals surface area (Å²) < 4.78 is 0. The summed E-state index contributed by atoms with van der Waals surface area (Å²) in [5, 5.41) is 3.72. The van der Waals surface area contributed by atoms with Crippen molar-refractivity contribution in [1.29, 1.82) is 0 Å². The maximum absolute atomic E-state index is 12.6. The van der Waals surface area contributed by atoms with E-state index >= 15 is 0 Å². The number of aryl methyl sites for hydroxylation is 1. The third kappa shape index (κ3) is 5.22. The Morgan fingerprint density at radius 3 is 2.63 bits per heavy atom. The molecule has 1 aromatic rings. The molecule has 0 atom stereocenters. The van der Waals surface area contributed by atoms with E-state index in [1.165, 1.54) is 36.6 Å². The lowest BCUT2D eigenvalue weighted by Crippen LogP contribution is -2.38. The van der Waals surface area contributed by atoms with E-state index in [1.807, 2.05) is 38.1 Å². The Morgan fingerprint density at radius 1 is 1.26 bits per heavy atom. The van der Waals surface area contributed by atoms with Crippen molar-refractivity contribution in [2.45, 2.75) is 52.0 Å². The van der Waals surface area contributed by atoms with Gasteiger partial charge in [-0.3, -0.25) is 14.5 Å². The molecule has 144 valence electrons. The second-order valence-corrected chi connectivity index (χ2v) is 8.02. The molecule has 5 nitrogen and oxygen atoms in total. The first-order chi connectivity index (χ1) is 13.1. The van der Waals surface area contributed by atoms with E-state index in [9.17, 15) is 9.59 Å². The van der Waals surface area contributed by atoms with E-state index in [1.54, 1.807) is 11.0 Å². The molecule has 0 aromatic heterocycles. The quantitative estimate of drug-likeness (QED) is 0.786. The molecule has 0 unspecified atom stereocenters. The normalized spacial score (nSPS) is 19.5. The third-order valence-corrected chi connectivity index (χ3v) is 5.89. The molecule has 1 aliphatic carbocycles. The number of hydrogen-bond acceptors (Lipinski definition) is 4. The lowest BCUT2D eigenvalue weighted by atomic mass is 9.95. The van der Waals surface area contributed by atoms with E-state index in [-0.39, 0.29) is 17.6 Å². The van der Waals surface area contributed by atoms with Crippen LogP contribution in [0.3, 0.4) is 0 Å². The molecule has 1 aromatic carbocycles. The number of rotatable bonds is 5. The monoisotopic (exact) mass is 385 g/mol. The van der Waals surface area contributed by atoms with Crippen LogP contribution < -0.4 is 5.32 Å². The average Bonchev–Trinajstić information content (AvgIpc) is 2.97. The Balaban J connectivity index is 1.63. The van der Waals surface area contributed by atoms with Crippen molar-refractivity contribution in [3.8, 4) is 0 Å². The Morgan fingerprint density at radius 2 is 1.96 bits per heavy atom. The summed E-state index contributed by atoms with van der Waals surface area (Å²) in [6.45, 7) is 4.49. The highest BCUT2D eigenvalue weighted by molar-refractivity contribution is 8.14. The van der Waals surface area contributed by atoms with Gasteiger partial charge in [-0.05, 0) is 38.3 Å². The minimum Gasteiger partial charge on any atom is -0.353 e. The molecular formula is C21H27N3O2S. The number of amides is 2. The Hall–Kier alpha value is -2.08. The minimum atomic E-state index is -0.103. The minimum absolute atomic E-state index is 0.0223. The number of amidine groups is 1. The maximum atomic E-state index is 12.6. The Labute approximate surface area is 165 Å². The Bertz CT molecular complexity index is 749. The number of thioether (sulfide) groups is 1. The van der Waals surface area contributed by atoms with Gasteiger partial charge in [0.15, 0.2) is 5.17 Å². The first kappa shape index (κ1) is 19.7. The number of nitrogens with zero attached hydrogens (tertiary/aromatic N) is 2. The van der Waals surface area contributed by atoms with Crippen molar-refractivity contribution < 1.29 is 9.59 Å². The molecule has 2 amide bonds. The number of hydrogen-bond donors (Lipinski definition) is 1. The lowest BCUT2D eigenvalue weighted by molar-refractivity contribution is -0.122. The van der Waals surface area contributed by atoms with Crippen LogP contribution in [-0.4, -0.2) is 40.2 Å². The molecular weight excluding hydrogens is 358 g/mol. The largest absolute Gasteiger partial charge is 0.353 e. The van der Waals surface area contributed by atoms with Crippen molar-refractivity contribution in [2.75, 3.05) is 12.3 Å². The lowest BCUT2D eigenvalue weighted by Gasteiger charge is -2.22. The number of carbonyl (C=O) groups excluding carboxylic acids is 2. The van der Waals surface area contributed by atoms with Crippen LogP contribution in [0.25, 0.3) is 6.08 Å². The van der Waals surface area contributed by atoms with Gasteiger partial charge in [0.05, 0.1) is 5.75 Å². The molecule has 27 heavy (non-hydrogen) atoms. The number of nitrogens with one attached hydrogen (secondary N) is 1. The predicted molar refractivity (Wildman–Crippen MR) is 111 cm³/mol. The molecule has 1 fully saturated rings. The summed E-state index contributed by atoms with van der Waals surface area (Å²) in [5.41, 5.74) is 2.55. The molecule has 1 saturated carbocycles. The van der Waals surface area contributed by atoms with Crippen molar-refractivity contribution in [3.63, 3.8) is 0 Å². The third-order valence-electron chi connectivity index (χ3n) is 4.91. The molecule has 6 heteroatoms. The smallest absolute Gasteiger partial charge is 0.278 e. The highest BCUT2D eigenvalue weighted by Crippen LogP contribution is 2.24. The van der Waals surface area contributed by atoms with E-state index < -0.39 is 0 Å². The van der Waals surface area contributed by atoms with Crippen LogP contribution in [0.4, 0.5) is 0 Å². The van der Waals surface area contributed by atoms with Crippen LogP contribution in [0.2, 0.25) is 0 Å². The van der Waals surface area contributed by atoms with Crippen molar-refractivity contribution in [1.82, 2.24) is 10.2 Å². The van der Waals surface area contributed by atoms with Crippen molar-refractivity contribution >= 4 is 34.8 Å². The second-order valence-electron chi connectivity index (χ2n) is 7.08. The van der Waals surface area contributed by atoms with E-state index in [0.29, 0.717) is 23.5 Å². The first-order valence-electron chi connectivity index (χ1n) is 9.68. The zero-order chi connectivity index (χ0) is 19.2. The SMILES string of the molecule is CCN1C(=O)C(=Cc2ccc(C)cc2)N=C1SCC(=O)NC1CCCCC1. The van der Waals surface area contributed by atoms with Crippen LogP contribution >= 0.6 is 11.8 Å². The summed E-state index contributed by atoms with van der Waals surface area (Å²) in [6, 6.07) is 8.28. The van der Waals surface area contributed by atoms with Crippen LogP contribution in [0, 0.1) is 6.92 Å². The highest BCUT2D eigenvalue weighted by Gasteiger charge is 2.29. The van der Waals surface area contributed by atoms with Crippen LogP contribution in [0.5, 0.6) is 0 Å². The summed E-state index contributed by atoms with van der Waals surface area (Å²) in [5.74, 6) is 0.207. The van der Waals surface area contributed by atoms with E-state index in [2.05, 4.69) is 10.3 Å². The fourth-order valence-corrected chi connectivity index (χ4v) is 4.26. The van der Waals surface area contributed by atoms with Gasteiger partial charge in [0.1, 0.15) is 5.70 Å². The molecule has 1 N–H and O–H groups in total. The van der Waals surface area contributed by atoms with Crippen molar-refractivity contribution in [2.24, 2.45) is 4.99 Å². The first-order valence-corrected chi connectivity index (χ1v) is 10.7. The molecule has 1 aliphatic heterocycles. The second kappa shape index (κ2) is 9.22. The van der Waals surface area contributed by atoms with E-state index in [4.69, 9.17) is 0 Å². The standard InChI is InChI=1S/C21H27N3O2S/c1-3-24-20(26)18(13-16-11-9-15(2)10-12-16)23-21(24)27-14-19(25)22-17-7-5-4-6-8-17/h9-13,17H,3-8,14H2,1-2H3,(H,22,25). The van der Waals surface area contributed by atoms with Gasteiger partial charge in [-0.15, -0.1) is 0 Å². The number of aliphatic imine (C=N–C) groups is 1. The summed E-state index contributed by atoms with van der Waals surface area (Å²) in [7, 11) is 0. The molecule has 2 aliphatic rings. The molecule has 3 rings (SSSR count). The molecule has 0 spiro atoms. The maximum Gasteiger partial charge on any atom is 0.278 e. The van der Waals surface area contributed by atoms with Crippen molar-refractivity contribution in [3.05, 3.63) is 41.1 Å². The van der Waals surface area contributed by atoms with Crippen LogP contribution in [-0.2, 0) is 9.59 Å². The predicted octanol–water partition coefficient (Wildman–Crippen LogP) is 3.74. The van der Waals surface area contributed by atoms with Gasteiger partial charge < -0.3 is 5.32 Å². The fraction of sp³-hybridized carbons (Fsp3) is 0.476. The number of benzene rings is 1. The van der Waals surface area contributed by atoms with Crippen LogP contribution in [0.15, 0.2) is 35.0 Å². The van der Waals surface area contributed by atoms with Gasteiger partial charge in [-0.2, -0.15) is 0 Å². The zero-order valence-corrected chi connectivity index (χ0v) is 16.8. The Kier molecular flexibility index (Phi) is 6.72. The van der Waals surface area contributed by atoms with E-state index in [0.717, 1.165) is 18.4 Å². The van der Waals surface area contributed by atoms with Gasteiger partial charge >= 0.3 is 0 Å². The van der Waals surface area contributed by atoms with Gasteiger partial charge in [-0.25, -0.2) is 4.99 Å². The van der Waals surface area contributed by atoms with Gasteiger partial charge in [0, 0.05) is 12.6 Å².